The molecule has 0 unspecified atom stereocenters. The van der Waals surface area contributed by atoms with E-state index in [1.807, 2.05) is 19.9 Å². The molecule has 116 valence electrons. The number of carbonyl (C=O) groups is 2. The Balaban J connectivity index is 2.05. The van der Waals surface area contributed by atoms with Gasteiger partial charge in [-0.25, -0.2) is 4.98 Å². The van der Waals surface area contributed by atoms with E-state index in [9.17, 15) is 9.59 Å². The summed E-state index contributed by atoms with van der Waals surface area (Å²) in [5.41, 5.74) is 4.10. The van der Waals surface area contributed by atoms with Crippen LogP contribution in [0.15, 0.2) is 16.7 Å². The second kappa shape index (κ2) is 4.87. The predicted octanol–water partition coefficient (Wildman–Crippen LogP) is 3.04. The van der Waals surface area contributed by atoms with Gasteiger partial charge in [-0.3, -0.25) is 14.2 Å². The number of aryl methyl sites for hydroxylation is 2. The van der Waals surface area contributed by atoms with Gasteiger partial charge in [0.05, 0.1) is 16.7 Å². The average Bonchev–Trinajstić information content (AvgIpc) is 3.25. The van der Waals surface area contributed by atoms with Gasteiger partial charge in [0.2, 0.25) is 6.41 Å². The molecular formula is C17H15N3O3. The van der Waals surface area contributed by atoms with Crippen LogP contribution in [0.1, 0.15) is 46.4 Å². The van der Waals surface area contributed by atoms with Crippen LogP contribution in [-0.2, 0) is 4.79 Å². The number of nitrogens with zero attached hydrogens (tertiary/aromatic N) is 3. The smallest absolute Gasteiger partial charge is 0.219 e. The van der Waals surface area contributed by atoms with E-state index in [1.54, 1.807) is 10.6 Å². The summed E-state index contributed by atoms with van der Waals surface area (Å²) in [4.78, 5) is 27.6. The number of carbonyl (C=O) groups excluding carboxylic acids is 2. The summed E-state index contributed by atoms with van der Waals surface area (Å²) >= 11 is 0. The Kier molecular flexibility index (Phi) is 2.94. The summed E-state index contributed by atoms with van der Waals surface area (Å²) in [7, 11) is 0. The standard InChI is InChI=1S/C17H15N3O3/c1-9-15(10(2)23-19-9)12-5-13(7-21)16-14(6-12)20(8-22)17(18-16)11-3-4-11/h5-8,11H,3-4H2,1-2H3. The van der Waals surface area contributed by atoms with Crippen LogP contribution in [0.3, 0.4) is 0 Å². The highest BCUT2D eigenvalue weighted by molar-refractivity contribution is 5.99. The maximum atomic E-state index is 11.6. The number of fused-ring (bicyclic) bond motifs is 1. The van der Waals surface area contributed by atoms with E-state index in [1.165, 1.54) is 0 Å². The molecule has 0 spiro atoms. The minimum absolute atomic E-state index is 0.314. The van der Waals surface area contributed by atoms with Crippen LogP contribution in [0.5, 0.6) is 0 Å². The number of imidazole rings is 1. The highest BCUT2D eigenvalue weighted by Gasteiger charge is 2.30. The largest absolute Gasteiger partial charge is 0.361 e. The normalized spacial score (nSPS) is 14.3. The molecule has 2 heterocycles. The van der Waals surface area contributed by atoms with E-state index >= 15 is 0 Å². The molecule has 1 aromatic carbocycles. The molecule has 6 nitrogen and oxygen atoms in total. The molecule has 0 aliphatic heterocycles. The molecule has 1 saturated carbocycles. The van der Waals surface area contributed by atoms with Gasteiger partial charge in [-0.05, 0) is 44.4 Å². The van der Waals surface area contributed by atoms with Crippen LogP contribution in [-0.4, -0.2) is 27.4 Å². The predicted molar refractivity (Wildman–Crippen MR) is 84.2 cm³/mol. The van der Waals surface area contributed by atoms with Crippen molar-refractivity contribution in [2.24, 2.45) is 0 Å². The fourth-order valence-corrected chi connectivity index (χ4v) is 3.11. The number of hydrogen-bond acceptors (Lipinski definition) is 5. The van der Waals surface area contributed by atoms with Gasteiger partial charge in [0.15, 0.2) is 6.29 Å². The summed E-state index contributed by atoms with van der Waals surface area (Å²) in [6.45, 7) is 3.68. The first-order valence-electron chi connectivity index (χ1n) is 7.53. The number of aldehydes is 1. The van der Waals surface area contributed by atoms with Crippen molar-refractivity contribution in [3.05, 3.63) is 35.0 Å². The molecule has 2 aromatic heterocycles. The summed E-state index contributed by atoms with van der Waals surface area (Å²) in [6.07, 6.45) is 3.62. The van der Waals surface area contributed by atoms with Gasteiger partial charge in [0.25, 0.3) is 0 Å². The van der Waals surface area contributed by atoms with Gasteiger partial charge < -0.3 is 4.52 Å². The van der Waals surface area contributed by atoms with Crippen molar-refractivity contribution in [2.45, 2.75) is 32.6 Å². The number of hydrogen-bond donors (Lipinski definition) is 0. The quantitative estimate of drug-likeness (QED) is 0.692. The van der Waals surface area contributed by atoms with Crippen LogP contribution >= 0.6 is 0 Å². The first-order chi connectivity index (χ1) is 11.1. The second-order valence-corrected chi connectivity index (χ2v) is 5.97. The molecule has 1 fully saturated rings. The zero-order valence-corrected chi connectivity index (χ0v) is 12.9. The fraction of sp³-hybridized carbons (Fsp3) is 0.294. The first-order valence-corrected chi connectivity index (χ1v) is 7.53. The summed E-state index contributed by atoms with van der Waals surface area (Å²) in [5, 5.41) is 3.96. The van der Waals surface area contributed by atoms with Crippen molar-refractivity contribution in [1.29, 1.82) is 0 Å². The third-order valence-corrected chi connectivity index (χ3v) is 4.35. The molecule has 1 aliphatic carbocycles. The molecule has 0 N–H and O–H groups in total. The van der Waals surface area contributed by atoms with Crippen LogP contribution < -0.4 is 0 Å². The first kappa shape index (κ1) is 13.9. The Morgan fingerprint density at radius 3 is 2.61 bits per heavy atom. The second-order valence-electron chi connectivity index (χ2n) is 5.97. The van der Waals surface area contributed by atoms with Crippen LogP contribution in [0.25, 0.3) is 22.2 Å². The SMILES string of the molecule is Cc1noc(C)c1-c1cc(C=O)c2nc(C3CC3)n(C=O)c2c1. The molecule has 0 radical (unpaired) electrons. The third kappa shape index (κ3) is 2.02. The lowest BCUT2D eigenvalue weighted by Crippen LogP contribution is -2.00. The summed E-state index contributed by atoms with van der Waals surface area (Å²) < 4.78 is 6.77. The molecular weight excluding hydrogens is 294 g/mol. The molecule has 23 heavy (non-hydrogen) atoms. The molecule has 0 amide bonds. The minimum atomic E-state index is 0.314. The Labute approximate surface area is 132 Å². The van der Waals surface area contributed by atoms with Crippen LogP contribution in [0.4, 0.5) is 0 Å². The lowest BCUT2D eigenvalue weighted by atomic mass is 10.0. The van der Waals surface area contributed by atoms with Crippen molar-refractivity contribution in [2.75, 3.05) is 0 Å². The Morgan fingerprint density at radius 1 is 1.26 bits per heavy atom. The van der Waals surface area contributed by atoms with Crippen molar-refractivity contribution >= 4 is 23.7 Å². The molecule has 1 aliphatic rings. The van der Waals surface area contributed by atoms with Crippen LogP contribution in [0, 0.1) is 13.8 Å². The molecule has 6 heteroatoms. The van der Waals surface area contributed by atoms with Gasteiger partial charge in [0, 0.05) is 17.0 Å². The van der Waals surface area contributed by atoms with E-state index in [-0.39, 0.29) is 0 Å². The Morgan fingerprint density at radius 2 is 2.04 bits per heavy atom. The molecule has 3 aromatic rings. The van der Waals surface area contributed by atoms with Crippen LogP contribution in [0.2, 0.25) is 0 Å². The van der Waals surface area contributed by atoms with E-state index in [4.69, 9.17) is 4.52 Å². The highest BCUT2D eigenvalue weighted by atomic mass is 16.5. The van der Waals surface area contributed by atoms with Crippen molar-refractivity contribution in [3.8, 4) is 11.1 Å². The Hall–Kier alpha value is -2.76. The zero-order valence-electron chi connectivity index (χ0n) is 12.9. The highest BCUT2D eigenvalue weighted by Crippen LogP contribution is 2.41. The average molecular weight is 309 g/mol. The molecule has 0 bridgehead atoms. The minimum Gasteiger partial charge on any atom is -0.361 e. The number of aromatic nitrogens is 3. The van der Waals surface area contributed by atoms with E-state index in [2.05, 4.69) is 10.1 Å². The molecule has 0 atom stereocenters. The summed E-state index contributed by atoms with van der Waals surface area (Å²) in [5.74, 6) is 1.74. The Bertz CT molecular complexity index is 928. The topological polar surface area (TPSA) is 78.0 Å². The monoisotopic (exact) mass is 309 g/mol. The van der Waals surface area contributed by atoms with E-state index in [0.29, 0.717) is 28.3 Å². The van der Waals surface area contributed by atoms with Gasteiger partial charge in [-0.1, -0.05) is 5.16 Å². The van der Waals surface area contributed by atoms with Gasteiger partial charge in [-0.15, -0.1) is 0 Å². The molecule has 4 rings (SSSR count). The number of rotatable bonds is 4. The van der Waals surface area contributed by atoms with Gasteiger partial charge in [0.1, 0.15) is 11.6 Å². The van der Waals surface area contributed by atoms with Crippen molar-refractivity contribution in [3.63, 3.8) is 0 Å². The van der Waals surface area contributed by atoms with Crippen molar-refractivity contribution < 1.29 is 14.1 Å². The number of benzene rings is 1. The van der Waals surface area contributed by atoms with E-state index < -0.39 is 0 Å². The fourth-order valence-electron chi connectivity index (χ4n) is 3.11. The van der Waals surface area contributed by atoms with E-state index in [0.717, 1.165) is 48.2 Å². The summed E-state index contributed by atoms with van der Waals surface area (Å²) in [6, 6.07) is 3.66. The third-order valence-electron chi connectivity index (χ3n) is 4.35. The zero-order chi connectivity index (χ0) is 16.1. The van der Waals surface area contributed by atoms with Gasteiger partial charge >= 0.3 is 0 Å². The van der Waals surface area contributed by atoms with Crippen molar-refractivity contribution in [1.82, 2.24) is 14.7 Å². The maximum Gasteiger partial charge on any atom is 0.219 e. The lowest BCUT2D eigenvalue weighted by molar-refractivity contribution is 0.112. The maximum absolute atomic E-state index is 11.6. The van der Waals surface area contributed by atoms with Gasteiger partial charge in [-0.2, -0.15) is 0 Å². The molecule has 0 saturated heterocycles. The lowest BCUT2D eigenvalue weighted by Gasteiger charge is -2.04.